The number of nitrogens with zero attached hydrogens (tertiary/aromatic N) is 8. The third-order valence-corrected chi connectivity index (χ3v) is 19.1. The third-order valence-electron chi connectivity index (χ3n) is 18.7. The summed E-state index contributed by atoms with van der Waals surface area (Å²) in [4.78, 5) is 174. The summed E-state index contributed by atoms with van der Waals surface area (Å²) in [6, 6.07) is 5.94. The molecule has 2 heterocycles. The topological polar surface area (TPSA) is 282 Å². The minimum absolute atomic E-state index is 0.0138. The molecule has 11 amide bonds. The van der Waals surface area contributed by atoms with Crippen molar-refractivity contribution >= 4 is 76.6 Å². The maximum atomic E-state index is 15.3. The maximum absolute atomic E-state index is 15.3. The van der Waals surface area contributed by atoms with E-state index in [1.165, 1.54) is 85.7 Å². The van der Waals surface area contributed by atoms with Gasteiger partial charge in [0.05, 0.1) is 25.6 Å². The van der Waals surface area contributed by atoms with Crippen LogP contribution in [0.5, 0.6) is 0 Å². The van der Waals surface area contributed by atoms with Gasteiger partial charge in [-0.3, -0.25) is 57.6 Å². The molecule has 5 N–H and O–H groups in total. The van der Waals surface area contributed by atoms with Crippen LogP contribution in [-0.4, -0.2) is 245 Å². The molecule has 2 aromatic carbocycles. The van der Waals surface area contributed by atoms with Gasteiger partial charge in [-0.2, -0.15) is 0 Å². The molecule has 2 aliphatic heterocycles. The van der Waals surface area contributed by atoms with Crippen LogP contribution in [0.15, 0.2) is 54.6 Å². The lowest BCUT2D eigenvalue weighted by atomic mass is 9.94. The van der Waals surface area contributed by atoms with Gasteiger partial charge in [0, 0.05) is 66.8 Å². The zero-order valence-electron chi connectivity index (χ0n) is 60.4. The summed E-state index contributed by atoms with van der Waals surface area (Å²) < 4.78 is 0. The number of aliphatic hydroxyl groups is 1. The number of carbonyl (C=O) groups excluding carboxylic acids is 11. The minimum Gasteiger partial charge on any atom is -0.390 e. The van der Waals surface area contributed by atoms with Gasteiger partial charge >= 0.3 is 0 Å². The summed E-state index contributed by atoms with van der Waals surface area (Å²) in [5, 5.41) is 23.4. The quantitative estimate of drug-likeness (QED) is 0.154. The lowest BCUT2D eigenvalue weighted by Crippen LogP contribution is -2.62. The molecule has 2 aliphatic rings. The standard InChI is InChI=1S/C71H113ClN12O12/c1-19-47(10)61-71(96)82(17)55(37-44(4)5)66(91)76-63(48(11)85)78(13)42-60(88)80(15)57(38-45(6)7)70(95)81(16)54(36-43(2)3)64(89)73-52(33-32-50-30-24-25-31-51(50)72)68(93)83(18)62(46(8)9)67(92)74-53(69(94)84-34-26-21-27-35-84)40-58(86)77(12)41-59(87)79(14)56(65(90)75-61)39-49-28-22-20-23-29-49/h20,22-25,28-31,43-48,52-57,61-63,85H,19,21,26-27,32-42H2,1-18H3,(H,73,89)(H,74,92)(H,75,90)(H,76,91)/t47-,48+,52-,53-,54-,55-,56-,57-,61-,62-,63+/m0/s1. The number of nitrogens with one attached hydrogen (secondary N) is 4. The molecule has 11 atom stereocenters. The fraction of sp³-hybridized carbons (Fsp3) is 0.676. The predicted molar refractivity (Wildman–Crippen MR) is 370 cm³/mol. The van der Waals surface area contributed by atoms with Crippen molar-refractivity contribution in [1.82, 2.24) is 60.5 Å². The van der Waals surface area contributed by atoms with E-state index in [1.54, 1.807) is 80.3 Å². The first-order valence-corrected chi connectivity index (χ1v) is 34.6. The molecule has 0 unspecified atom stereocenters. The molecule has 4 rings (SSSR count). The number of hydrogen-bond acceptors (Lipinski definition) is 13. The molecule has 0 bridgehead atoms. The molecular formula is C71H113ClN12O12. The molecule has 0 saturated carbocycles. The highest BCUT2D eigenvalue weighted by molar-refractivity contribution is 6.31. The fourth-order valence-electron chi connectivity index (χ4n) is 12.6. The maximum Gasteiger partial charge on any atom is 0.245 e. The van der Waals surface area contributed by atoms with E-state index in [9.17, 15) is 33.9 Å². The number of rotatable bonds is 16. The number of likely N-dealkylation sites (N-methyl/N-ethyl adjacent to an activating group) is 7. The van der Waals surface area contributed by atoms with Gasteiger partial charge in [0.25, 0.3) is 0 Å². The molecule has 25 heteroatoms. The first-order valence-electron chi connectivity index (χ1n) is 34.2. The van der Waals surface area contributed by atoms with Gasteiger partial charge in [0.1, 0.15) is 54.5 Å². The Labute approximate surface area is 575 Å². The third kappa shape index (κ3) is 23.0. The number of halogens is 1. The molecule has 0 aromatic heterocycles. The van der Waals surface area contributed by atoms with Gasteiger partial charge in [-0.15, -0.1) is 0 Å². The molecule has 536 valence electrons. The lowest BCUT2D eigenvalue weighted by Gasteiger charge is -2.38. The van der Waals surface area contributed by atoms with E-state index in [1.807, 2.05) is 48.5 Å². The first-order chi connectivity index (χ1) is 45.0. The molecule has 0 aliphatic carbocycles. The number of aliphatic hydroxyl groups excluding tert-OH is 1. The first kappa shape index (κ1) is 81.2. The molecular weight excluding hydrogens is 1250 g/mol. The van der Waals surface area contributed by atoms with Gasteiger partial charge in [-0.1, -0.05) is 136 Å². The average Bonchev–Trinajstić information content (AvgIpc) is 0.871. The number of amides is 11. The Kier molecular flexibility index (Phi) is 32.2. The average molecular weight is 1360 g/mol. The SMILES string of the molecule is CC[C@H](C)[C@@H]1NC(=O)[C@H](Cc2ccccc2)N(C)C(=O)CN(C)C(=O)C[C@@H](C(=O)N2CCCCC2)NC(=O)[C@H](C(C)C)N(C)C(=O)[C@H](CCc2ccccc2Cl)NC(=O)[C@H](CC(C)C)N(C)C(=O)[C@H](CC(C)C)N(C)C(=O)CN(C)[C@H]([C@@H](C)O)NC(=O)[C@H](CC(C)C)N(C)C1=O. The summed E-state index contributed by atoms with van der Waals surface area (Å²) in [5.74, 6) is -8.74. The van der Waals surface area contributed by atoms with Crippen LogP contribution in [0, 0.1) is 29.6 Å². The zero-order chi connectivity index (χ0) is 72.2. The smallest absolute Gasteiger partial charge is 0.245 e. The van der Waals surface area contributed by atoms with Crippen LogP contribution in [0.4, 0.5) is 0 Å². The number of aryl methyl sites for hydroxylation is 1. The Hall–Kier alpha value is -7.18. The van der Waals surface area contributed by atoms with Gasteiger partial charge in [0.15, 0.2) is 0 Å². The van der Waals surface area contributed by atoms with Crippen molar-refractivity contribution in [2.75, 3.05) is 75.5 Å². The van der Waals surface area contributed by atoms with Crippen LogP contribution in [-0.2, 0) is 65.6 Å². The van der Waals surface area contributed by atoms with Crippen molar-refractivity contribution < 1.29 is 57.8 Å². The fourth-order valence-corrected chi connectivity index (χ4v) is 12.8. The van der Waals surface area contributed by atoms with Crippen LogP contribution in [0.1, 0.15) is 145 Å². The summed E-state index contributed by atoms with van der Waals surface area (Å²) in [6.45, 7) is 19.5. The van der Waals surface area contributed by atoms with Crippen molar-refractivity contribution in [3.63, 3.8) is 0 Å². The van der Waals surface area contributed by atoms with Gasteiger partial charge < -0.3 is 60.7 Å². The molecule has 2 aromatic rings. The van der Waals surface area contributed by atoms with Gasteiger partial charge in [-0.05, 0) is 112 Å². The Bertz CT molecular complexity index is 2960. The molecule has 96 heavy (non-hydrogen) atoms. The van der Waals surface area contributed by atoms with Crippen LogP contribution in [0.25, 0.3) is 0 Å². The van der Waals surface area contributed by atoms with E-state index in [4.69, 9.17) is 11.6 Å². The molecule has 0 spiro atoms. The second-order valence-corrected chi connectivity index (χ2v) is 28.7. The summed E-state index contributed by atoms with van der Waals surface area (Å²) >= 11 is 6.66. The number of likely N-dealkylation sites (tertiary alicyclic amines) is 1. The number of carbonyl (C=O) groups is 11. The van der Waals surface area contributed by atoms with Crippen molar-refractivity contribution in [3.8, 4) is 0 Å². The van der Waals surface area contributed by atoms with Crippen molar-refractivity contribution in [1.29, 1.82) is 0 Å². The van der Waals surface area contributed by atoms with E-state index in [-0.39, 0.29) is 56.3 Å². The molecule has 2 fully saturated rings. The normalized spacial score (nSPS) is 25.2. The predicted octanol–water partition coefficient (Wildman–Crippen LogP) is 4.57. The molecule has 2 saturated heterocycles. The second-order valence-electron chi connectivity index (χ2n) is 28.3. The lowest BCUT2D eigenvalue weighted by molar-refractivity contribution is -0.150. The van der Waals surface area contributed by atoms with Crippen molar-refractivity contribution in [2.45, 2.75) is 207 Å². The van der Waals surface area contributed by atoms with E-state index in [2.05, 4.69) is 21.3 Å². The Morgan fingerprint density at radius 3 is 1.60 bits per heavy atom. The van der Waals surface area contributed by atoms with Crippen LogP contribution >= 0.6 is 11.6 Å². The summed E-state index contributed by atoms with van der Waals surface area (Å²) in [6.07, 6.45) is 0.157. The van der Waals surface area contributed by atoms with E-state index >= 15 is 24.0 Å². The highest BCUT2D eigenvalue weighted by atomic mass is 35.5. The molecule has 0 radical (unpaired) electrons. The second kappa shape index (κ2) is 38.1. The monoisotopic (exact) mass is 1360 g/mol. The van der Waals surface area contributed by atoms with E-state index in [0.29, 0.717) is 48.5 Å². The van der Waals surface area contributed by atoms with Crippen LogP contribution in [0.3, 0.4) is 0 Å². The van der Waals surface area contributed by atoms with Crippen LogP contribution < -0.4 is 21.3 Å². The Morgan fingerprint density at radius 1 is 0.552 bits per heavy atom. The van der Waals surface area contributed by atoms with Crippen molar-refractivity contribution in [3.05, 3.63) is 70.7 Å². The Morgan fingerprint density at radius 2 is 1.06 bits per heavy atom. The highest BCUT2D eigenvalue weighted by Crippen LogP contribution is 2.25. The highest BCUT2D eigenvalue weighted by Gasteiger charge is 2.43. The Balaban J connectivity index is 1.95. The number of benzene rings is 2. The van der Waals surface area contributed by atoms with Crippen LogP contribution in [0.2, 0.25) is 5.02 Å². The van der Waals surface area contributed by atoms with Gasteiger partial charge in [0.2, 0.25) is 65.0 Å². The largest absolute Gasteiger partial charge is 0.390 e. The molecule has 24 nitrogen and oxygen atoms in total. The van der Waals surface area contributed by atoms with E-state index < -0.39 is 157 Å². The zero-order valence-corrected chi connectivity index (χ0v) is 61.1. The van der Waals surface area contributed by atoms with Crippen molar-refractivity contribution in [2.24, 2.45) is 29.6 Å². The van der Waals surface area contributed by atoms with Gasteiger partial charge in [-0.25, -0.2) is 0 Å². The number of piperidine rings is 1. The van der Waals surface area contributed by atoms with E-state index in [0.717, 1.165) is 11.3 Å². The summed E-state index contributed by atoms with van der Waals surface area (Å²) in [7, 11) is 10.2. The number of hydrogen-bond donors (Lipinski definition) is 5. The summed E-state index contributed by atoms with van der Waals surface area (Å²) in [5.41, 5.74) is 1.35. The minimum atomic E-state index is -1.47.